The monoisotopic (exact) mass is 806 g/mol. The average molecular weight is 807 g/mol. The van der Waals surface area contributed by atoms with E-state index in [0.717, 1.165) is 43.2 Å². The lowest BCUT2D eigenvalue weighted by Gasteiger charge is -2.28. The number of unbranched alkanes of at least 4 members (excludes halogenated alkanes) is 1. The van der Waals surface area contributed by atoms with E-state index in [2.05, 4.69) is 36.6 Å². The van der Waals surface area contributed by atoms with Crippen LogP contribution in [0.25, 0.3) is 0 Å². The standard InChI is InChI=1S/C40H55FN10O5S/c1-45-23-34(52)47-32(22-27-15-17-28(41)18-16-27)39-51-33(24-57-39)38(56)50-31(21-26-12-6-3-7-13-26)37(55)48-29(14-8-9-19-46-40(43)44)36(54)49-30(35(42)53)20-25-10-4-2-5-11-25/h2,4-5,10-11,15-18,24,26,29-32,45H,3,6-9,12-14,19-23H2,1H3,(H2,42,53)(H,47,52)(H,48,55)(H,49,54)(H,50,56)(H4,43,44,46)/t29-,30?,31-,32-/m0/s1. The van der Waals surface area contributed by atoms with Crippen molar-refractivity contribution in [3.05, 3.63) is 87.6 Å². The zero-order valence-electron chi connectivity index (χ0n) is 32.3. The summed E-state index contributed by atoms with van der Waals surface area (Å²) in [6.07, 6.45) is 6.88. The molecule has 57 heavy (non-hydrogen) atoms. The number of nitrogens with two attached hydrogens (primary N) is 3. The van der Waals surface area contributed by atoms with Crippen LogP contribution in [0.5, 0.6) is 0 Å². The van der Waals surface area contributed by atoms with E-state index in [1.165, 1.54) is 23.5 Å². The van der Waals surface area contributed by atoms with Crippen molar-refractivity contribution in [2.45, 2.75) is 94.8 Å². The molecule has 1 heterocycles. The number of rotatable bonds is 22. The summed E-state index contributed by atoms with van der Waals surface area (Å²) in [7, 11) is 1.65. The Morgan fingerprint density at radius 3 is 2.16 bits per heavy atom. The fourth-order valence-electron chi connectivity index (χ4n) is 6.79. The molecule has 0 radical (unpaired) electrons. The van der Waals surface area contributed by atoms with Gasteiger partial charge in [-0.25, -0.2) is 9.37 Å². The van der Waals surface area contributed by atoms with Crippen LogP contribution >= 0.6 is 11.3 Å². The van der Waals surface area contributed by atoms with Gasteiger partial charge in [0.1, 0.15) is 34.6 Å². The highest BCUT2D eigenvalue weighted by atomic mass is 32.1. The van der Waals surface area contributed by atoms with E-state index < -0.39 is 47.8 Å². The van der Waals surface area contributed by atoms with Gasteiger partial charge in [-0.15, -0.1) is 11.3 Å². The largest absolute Gasteiger partial charge is 0.370 e. The van der Waals surface area contributed by atoms with Crippen molar-refractivity contribution in [1.82, 2.24) is 31.6 Å². The Balaban J connectivity index is 1.53. The molecule has 1 saturated carbocycles. The molecule has 0 spiro atoms. The van der Waals surface area contributed by atoms with Gasteiger partial charge >= 0.3 is 0 Å². The minimum atomic E-state index is -1.07. The number of aliphatic imine (C=N–C) groups is 1. The summed E-state index contributed by atoms with van der Waals surface area (Å²) in [5.74, 6) is -3.03. The lowest BCUT2D eigenvalue weighted by molar-refractivity contribution is -0.132. The number of halogens is 1. The van der Waals surface area contributed by atoms with Crippen LogP contribution in [0.3, 0.4) is 0 Å². The normalized spacial score (nSPS) is 15.0. The Labute approximate surface area is 336 Å². The highest BCUT2D eigenvalue weighted by molar-refractivity contribution is 7.09. The van der Waals surface area contributed by atoms with Crippen LogP contribution in [0.4, 0.5) is 4.39 Å². The molecule has 5 amide bonds. The maximum Gasteiger partial charge on any atom is 0.271 e. The summed E-state index contributed by atoms with van der Waals surface area (Å²) in [5, 5.41) is 16.2. The summed E-state index contributed by atoms with van der Waals surface area (Å²) in [4.78, 5) is 75.4. The number of nitrogens with one attached hydrogen (secondary N) is 5. The van der Waals surface area contributed by atoms with E-state index in [-0.39, 0.29) is 48.7 Å². The fourth-order valence-corrected chi connectivity index (χ4v) is 7.64. The van der Waals surface area contributed by atoms with E-state index >= 15 is 0 Å². The summed E-state index contributed by atoms with van der Waals surface area (Å²) in [6.45, 7) is 0.380. The number of likely N-dealkylation sites (N-methyl/N-ethyl adjacent to an activating group) is 1. The van der Waals surface area contributed by atoms with Crippen molar-refractivity contribution >= 4 is 46.8 Å². The molecule has 1 aliphatic carbocycles. The third-order valence-electron chi connectivity index (χ3n) is 9.76. The number of primary amides is 1. The van der Waals surface area contributed by atoms with Crippen LogP contribution in [-0.2, 0) is 32.0 Å². The summed E-state index contributed by atoms with van der Waals surface area (Å²) >= 11 is 1.18. The fraction of sp³-hybridized carbons (Fsp3) is 0.475. The molecule has 4 rings (SSSR count). The number of aromatic nitrogens is 1. The molecule has 15 nitrogen and oxygen atoms in total. The molecule has 17 heteroatoms. The molecule has 308 valence electrons. The molecule has 3 aromatic rings. The maximum atomic E-state index is 14.2. The second kappa shape index (κ2) is 23.0. The molecule has 0 saturated heterocycles. The zero-order chi connectivity index (χ0) is 41.2. The van der Waals surface area contributed by atoms with Crippen LogP contribution in [-0.4, -0.2) is 78.7 Å². The van der Waals surface area contributed by atoms with Gasteiger partial charge in [-0.3, -0.25) is 29.0 Å². The first-order valence-electron chi connectivity index (χ1n) is 19.4. The minimum absolute atomic E-state index is 0.0571. The van der Waals surface area contributed by atoms with Gasteiger partial charge in [-0.2, -0.15) is 0 Å². The van der Waals surface area contributed by atoms with Gasteiger partial charge in [0, 0.05) is 18.3 Å². The van der Waals surface area contributed by atoms with Crippen LogP contribution in [0, 0.1) is 11.7 Å². The summed E-state index contributed by atoms with van der Waals surface area (Å²) < 4.78 is 13.6. The molecule has 0 bridgehead atoms. The number of thiazole rings is 1. The van der Waals surface area contributed by atoms with Gasteiger partial charge in [-0.05, 0) is 68.3 Å². The summed E-state index contributed by atoms with van der Waals surface area (Å²) in [5.41, 5.74) is 18.2. The second-order valence-electron chi connectivity index (χ2n) is 14.3. The maximum absolute atomic E-state index is 14.2. The van der Waals surface area contributed by atoms with Crippen molar-refractivity contribution in [3.8, 4) is 0 Å². The first-order valence-corrected chi connectivity index (χ1v) is 20.2. The number of carbonyl (C=O) groups excluding carboxylic acids is 5. The Morgan fingerprint density at radius 1 is 0.825 bits per heavy atom. The van der Waals surface area contributed by atoms with E-state index in [9.17, 15) is 28.4 Å². The third-order valence-corrected chi connectivity index (χ3v) is 10.7. The summed E-state index contributed by atoms with van der Waals surface area (Å²) in [6, 6.07) is 11.3. The number of nitrogens with zero attached hydrogens (tertiary/aromatic N) is 2. The quantitative estimate of drug-likeness (QED) is 0.0420. The van der Waals surface area contributed by atoms with Crippen LogP contribution in [0.1, 0.15) is 90.5 Å². The van der Waals surface area contributed by atoms with Crippen LogP contribution in [0.2, 0.25) is 0 Å². The first kappa shape index (κ1) is 44.3. The van der Waals surface area contributed by atoms with Crippen molar-refractivity contribution in [2.75, 3.05) is 20.1 Å². The molecule has 11 N–H and O–H groups in total. The number of guanidine groups is 1. The molecule has 0 aliphatic heterocycles. The number of benzene rings is 2. The first-order chi connectivity index (χ1) is 27.4. The molecule has 1 unspecified atom stereocenters. The smallest absolute Gasteiger partial charge is 0.271 e. The zero-order valence-corrected chi connectivity index (χ0v) is 33.1. The lowest BCUT2D eigenvalue weighted by atomic mass is 9.84. The molecule has 4 atom stereocenters. The Hall–Kier alpha value is -5.42. The van der Waals surface area contributed by atoms with Crippen molar-refractivity contribution < 1.29 is 28.4 Å². The van der Waals surface area contributed by atoms with Crippen LogP contribution < -0.4 is 43.8 Å². The topological polar surface area (TPSA) is 249 Å². The molecule has 1 fully saturated rings. The molecular weight excluding hydrogens is 752 g/mol. The predicted molar refractivity (Wildman–Crippen MR) is 217 cm³/mol. The van der Waals surface area contributed by atoms with Gasteiger partial charge in [0.15, 0.2) is 5.96 Å². The van der Waals surface area contributed by atoms with Gasteiger partial charge < -0.3 is 43.8 Å². The number of hydrogen-bond donors (Lipinski definition) is 8. The number of amides is 5. The lowest BCUT2D eigenvalue weighted by Crippen LogP contribution is -2.57. The molecular formula is C40H55FN10O5S. The predicted octanol–water partition coefficient (Wildman–Crippen LogP) is 2.11. The van der Waals surface area contributed by atoms with E-state index in [1.807, 2.05) is 30.3 Å². The van der Waals surface area contributed by atoms with E-state index in [1.54, 1.807) is 24.6 Å². The van der Waals surface area contributed by atoms with Gasteiger partial charge in [0.25, 0.3) is 5.91 Å². The Morgan fingerprint density at radius 2 is 1.49 bits per heavy atom. The van der Waals surface area contributed by atoms with Crippen LogP contribution in [0.15, 0.2) is 65.0 Å². The van der Waals surface area contributed by atoms with Crippen molar-refractivity contribution in [2.24, 2.45) is 28.1 Å². The van der Waals surface area contributed by atoms with E-state index in [4.69, 9.17) is 17.2 Å². The minimum Gasteiger partial charge on any atom is -0.370 e. The Bertz CT molecular complexity index is 1800. The third kappa shape index (κ3) is 15.2. The van der Waals surface area contributed by atoms with E-state index in [0.29, 0.717) is 37.2 Å². The second-order valence-corrected chi connectivity index (χ2v) is 15.2. The van der Waals surface area contributed by atoms with Gasteiger partial charge in [0.05, 0.1) is 12.6 Å². The number of hydrogen-bond acceptors (Lipinski definition) is 9. The van der Waals surface area contributed by atoms with Gasteiger partial charge in [-0.1, -0.05) is 74.6 Å². The SMILES string of the molecule is CNCC(=O)N[C@@H](Cc1ccc(F)cc1)c1nc(C(=O)N[C@@H](CC2CCCCC2)C(=O)N[C@@H](CCCCN=C(N)N)C(=O)NC(Cc2ccccc2)C(N)=O)cs1. The Kier molecular flexibility index (Phi) is 17.8. The number of carbonyl (C=O) groups is 5. The van der Waals surface area contributed by atoms with Crippen molar-refractivity contribution in [1.29, 1.82) is 0 Å². The highest BCUT2D eigenvalue weighted by Crippen LogP contribution is 2.28. The van der Waals surface area contributed by atoms with Crippen molar-refractivity contribution in [3.63, 3.8) is 0 Å². The molecule has 1 aromatic heterocycles. The van der Waals surface area contributed by atoms with Gasteiger partial charge in [0.2, 0.25) is 23.6 Å². The molecule has 1 aliphatic rings. The molecule has 2 aromatic carbocycles. The highest BCUT2D eigenvalue weighted by Gasteiger charge is 2.32. The average Bonchev–Trinajstić information content (AvgIpc) is 3.69.